The number of amides is 1. The molecule has 0 fully saturated rings. The van der Waals surface area contributed by atoms with Gasteiger partial charge in [-0.2, -0.15) is 0 Å². The average Bonchev–Trinajstić information content (AvgIpc) is 2.33. The molecule has 1 aromatic rings. The van der Waals surface area contributed by atoms with Crippen molar-refractivity contribution < 1.29 is 9.90 Å². The van der Waals surface area contributed by atoms with Crippen molar-refractivity contribution in [1.82, 2.24) is 5.32 Å². The number of carbonyl (C=O) groups is 1. The number of carbonyl (C=O) groups excluding carboxylic acids is 1. The molecule has 0 spiro atoms. The number of benzene rings is 1. The van der Waals surface area contributed by atoms with Crippen LogP contribution in [-0.4, -0.2) is 22.0 Å². The fourth-order valence-electron chi connectivity index (χ4n) is 1.22. The number of alkyl halides is 1. The van der Waals surface area contributed by atoms with Crippen LogP contribution in [-0.2, 0) is 4.79 Å². The zero-order valence-corrected chi connectivity index (χ0v) is 12.8. The smallest absolute Gasteiger partial charge is 0.226 e. The molecule has 0 aromatic heterocycles. The van der Waals surface area contributed by atoms with Gasteiger partial charge in [0.2, 0.25) is 5.91 Å². The molecule has 0 unspecified atom stereocenters. The molecule has 3 N–H and O–H groups in total. The van der Waals surface area contributed by atoms with E-state index in [0.717, 1.165) is 0 Å². The van der Waals surface area contributed by atoms with Crippen molar-refractivity contribution in [2.45, 2.75) is 12.8 Å². The number of anilines is 1. The number of nitrogens with one attached hydrogen (secondary N) is 2. The van der Waals surface area contributed by atoms with Crippen LogP contribution >= 0.6 is 47.0 Å². The number of phenolic OH excluding ortho intramolecular Hbond substituents is 1. The van der Waals surface area contributed by atoms with Crippen LogP contribution in [0.3, 0.4) is 0 Å². The SMILES string of the molecule is O=C(CCCCl)NC(=S)Nc1cc(Cl)c(O)c(Cl)c1. The third kappa shape index (κ3) is 5.40. The Morgan fingerprint density at radius 2 is 1.89 bits per heavy atom. The normalized spacial score (nSPS) is 10.1. The predicted octanol–water partition coefficient (Wildman–Crippen LogP) is 3.53. The number of hydrogen-bond acceptors (Lipinski definition) is 3. The molecule has 0 heterocycles. The summed E-state index contributed by atoms with van der Waals surface area (Å²) < 4.78 is 0. The third-order valence-corrected chi connectivity index (χ3v) is 3.11. The number of phenols is 1. The van der Waals surface area contributed by atoms with Crippen molar-refractivity contribution in [2.75, 3.05) is 11.2 Å². The van der Waals surface area contributed by atoms with Crippen molar-refractivity contribution in [1.29, 1.82) is 0 Å². The summed E-state index contributed by atoms with van der Waals surface area (Å²) in [5.74, 6) is -0.0170. The molecule has 0 saturated heterocycles. The summed E-state index contributed by atoms with van der Waals surface area (Å²) in [5.41, 5.74) is 0.468. The van der Waals surface area contributed by atoms with Gasteiger partial charge in [-0.25, -0.2) is 0 Å². The number of aromatic hydroxyl groups is 1. The zero-order valence-electron chi connectivity index (χ0n) is 9.67. The van der Waals surface area contributed by atoms with Crippen LogP contribution in [0.15, 0.2) is 12.1 Å². The first-order valence-electron chi connectivity index (χ1n) is 5.29. The Morgan fingerprint density at radius 1 is 1.32 bits per heavy atom. The Bertz CT molecular complexity index is 474. The molecule has 0 radical (unpaired) electrons. The van der Waals surface area contributed by atoms with E-state index in [9.17, 15) is 9.90 Å². The molecule has 1 amide bonds. The monoisotopic (exact) mass is 340 g/mol. The van der Waals surface area contributed by atoms with Crippen molar-refractivity contribution in [3.63, 3.8) is 0 Å². The van der Waals surface area contributed by atoms with E-state index in [1.54, 1.807) is 0 Å². The van der Waals surface area contributed by atoms with Crippen LogP contribution in [0, 0.1) is 0 Å². The molecule has 0 saturated carbocycles. The lowest BCUT2D eigenvalue weighted by Crippen LogP contribution is -2.33. The maximum absolute atomic E-state index is 11.4. The molecule has 1 aromatic carbocycles. The van der Waals surface area contributed by atoms with E-state index in [0.29, 0.717) is 24.4 Å². The lowest BCUT2D eigenvalue weighted by molar-refractivity contribution is -0.119. The molecule has 19 heavy (non-hydrogen) atoms. The van der Waals surface area contributed by atoms with Crippen molar-refractivity contribution in [2.24, 2.45) is 0 Å². The highest BCUT2D eigenvalue weighted by molar-refractivity contribution is 7.80. The van der Waals surface area contributed by atoms with Gasteiger partial charge >= 0.3 is 0 Å². The number of thiocarbonyl (C=S) groups is 1. The highest BCUT2D eigenvalue weighted by atomic mass is 35.5. The molecule has 0 aliphatic rings. The number of halogens is 3. The van der Waals surface area contributed by atoms with E-state index < -0.39 is 0 Å². The maximum Gasteiger partial charge on any atom is 0.226 e. The van der Waals surface area contributed by atoms with E-state index in [4.69, 9.17) is 47.0 Å². The molecule has 1 rings (SSSR count). The Morgan fingerprint density at radius 3 is 2.42 bits per heavy atom. The minimum atomic E-state index is -0.228. The molecule has 0 aliphatic heterocycles. The van der Waals surface area contributed by atoms with E-state index in [1.807, 2.05) is 0 Å². The van der Waals surface area contributed by atoms with Crippen LogP contribution in [0.4, 0.5) is 5.69 Å². The quantitative estimate of drug-likeness (QED) is 0.445. The van der Waals surface area contributed by atoms with Gasteiger partial charge in [0, 0.05) is 18.0 Å². The van der Waals surface area contributed by atoms with Gasteiger partial charge in [0.1, 0.15) is 0 Å². The molecule has 4 nitrogen and oxygen atoms in total. The third-order valence-electron chi connectivity index (χ3n) is 2.07. The van der Waals surface area contributed by atoms with E-state index in [1.165, 1.54) is 12.1 Å². The minimum Gasteiger partial charge on any atom is -0.505 e. The summed E-state index contributed by atoms with van der Waals surface area (Å²) in [7, 11) is 0. The second-order valence-corrected chi connectivity index (χ2v) is 5.18. The Labute approximate surface area is 131 Å². The lowest BCUT2D eigenvalue weighted by atomic mass is 10.3. The second kappa shape index (κ2) is 7.75. The van der Waals surface area contributed by atoms with Crippen LogP contribution in [0.25, 0.3) is 0 Å². The zero-order chi connectivity index (χ0) is 14.4. The molecule has 104 valence electrons. The van der Waals surface area contributed by atoms with Crippen molar-refractivity contribution >= 4 is 63.7 Å². The molecule has 0 bridgehead atoms. The Balaban J connectivity index is 2.60. The van der Waals surface area contributed by atoms with Gasteiger partial charge in [-0.1, -0.05) is 23.2 Å². The molecular formula is C11H11Cl3N2O2S. The van der Waals surface area contributed by atoms with Gasteiger partial charge in [0.15, 0.2) is 10.9 Å². The molecule has 0 atom stereocenters. The van der Waals surface area contributed by atoms with Crippen molar-refractivity contribution in [3.05, 3.63) is 22.2 Å². The molecular weight excluding hydrogens is 331 g/mol. The van der Waals surface area contributed by atoms with E-state index in [2.05, 4.69) is 10.6 Å². The standard InChI is InChI=1S/C11H11Cl3N2O2S/c12-3-1-2-9(17)16-11(19)15-6-4-7(13)10(18)8(14)5-6/h4-5,18H,1-3H2,(H2,15,16,17,19). The summed E-state index contributed by atoms with van der Waals surface area (Å²) in [4.78, 5) is 11.4. The summed E-state index contributed by atoms with van der Waals surface area (Å²) in [5, 5.41) is 14.9. The first-order chi connectivity index (χ1) is 8.93. The first-order valence-corrected chi connectivity index (χ1v) is 6.98. The fraction of sp³-hybridized carbons (Fsp3) is 0.273. The summed E-state index contributed by atoms with van der Waals surface area (Å²) in [6.07, 6.45) is 0.870. The second-order valence-electron chi connectivity index (χ2n) is 3.58. The van der Waals surface area contributed by atoms with Gasteiger partial charge in [-0.15, -0.1) is 11.6 Å². The highest BCUT2D eigenvalue weighted by Crippen LogP contribution is 2.34. The maximum atomic E-state index is 11.4. The predicted molar refractivity (Wildman–Crippen MR) is 82.4 cm³/mol. The van der Waals surface area contributed by atoms with E-state index in [-0.39, 0.29) is 26.8 Å². The molecule has 8 heteroatoms. The summed E-state index contributed by atoms with van der Waals surface area (Å²) >= 11 is 22.0. The van der Waals surface area contributed by atoms with Gasteiger partial charge in [-0.05, 0) is 30.8 Å². The van der Waals surface area contributed by atoms with Crippen LogP contribution < -0.4 is 10.6 Å². The van der Waals surface area contributed by atoms with Gasteiger partial charge in [0.05, 0.1) is 10.0 Å². The average molecular weight is 342 g/mol. The Hall–Kier alpha value is -0.750. The topological polar surface area (TPSA) is 61.4 Å². The fourth-order valence-corrected chi connectivity index (χ4v) is 2.07. The van der Waals surface area contributed by atoms with Crippen LogP contribution in [0.5, 0.6) is 5.75 Å². The van der Waals surface area contributed by atoms with Gasteiger partial charge < -0.3 is 15.7 Å². The van der Waals surface area contributed by atoms with E-state index >= 15 is 0 Å². The van der Waals surface area contributed by atoms with Crippen molar-refractivity contribution in [3.8, 4) is 5.75 Å². The lowest BCUT2D eigenvalue weighted by Gasteiger charge is -2.10. The minimum absolute atomic E-state index is 0.0891. The largest absolute Gasteiger partial charge is 0.505 e. The number of hydrogen-bond donors (Lipinski definition) is 3. The van der Waals surface area contributed by atoms with Crippen LogP contribution in [0.1, 0.15) is 12.8 Å². The highest BCUT2D eigenvalue weighted by Gasteiger charge is 2.09. The van der Waals surface area contributed by atoms with Crippen LogP contribution in [0.2, 0.25) is 10.0 Å². The number of rotatable bonds is 4. The Kier molecular flexibility index (Phi) is 6.65. The van der Waals surface area contributed by atoms with Gasteiger partial charge in [0.25, 0.3) is 0 Å². The first kappa shape index (κ1) is 16.3. The van der Waals surface area contributed by atoms with Gasteiger partial charge in [-0.3, -0.25) is 4.79 Å². The summed E-state index contributed by atoms with van der Waals surface area (Å²) in [6.45, 7) is 0. The summed E-state index contributed by atoms with van der Waals surface area (Å²) in [6, 6.07) is 2.89. The molecule has 0 aliphatic carbocycles.